The standard InChI is InChI=1S/C13H12ClN3O2S/c14-10-3-1-2-9(4-10)13(19)16-6-12(18)15-5-11-7-20-8-17-11/h1-4,7-8H,5-6H2,(H,15,18)(H,16,19). The molecule has 1 aromatic heterocycles. The first-order chi connectivity index (χ1) is 9.65. The highest BCUT2D eigenvalue weighted by Gasteiger charge is 2.08. The van der Waals surface area contributed by atoms with E-state index in [-0.39, 0.29) is 18.4 Å². The van der Waals surface area contributed by atoms with E-state index in [1.807, 2.05) is 5.38 Å². The molecule has 2 amide bonds. The first-order valence-electron chi connectivity index (χ1n) is 5.82. The quantitative estimate of drug-likeness (QED) is 0.885. The van der Waals surface area contributed by atoms with E-state index in [1.165, 1.54) is 11.3 Å². The lowest BCUT2D eigenvalue weighted by molar-refractivity contribution is -0.120. The number of nitrogens with one attached hydrogen (secondary N) is 2. The van der Waals surface area contributed by atoms with Crippen molar-refractivity contribution in [3.8, 4) is 0 Å². The molecule has 0 bridgehead atoms. The average molecular weight is 310 g/mol. The molecule has 5 nitrogen and oxygen atoms in total. The Bertz CT molecular complexity index is 601. The molecule has 0 aliphatic heterocycles. The van der Waals surface area contributed by atoms with E-state index in [0.29, 0.717) is 17.1 Å². The van der Waals surface area contributed by atoms with Gasteiger partial charge in [-0.1, -0.05) is 17.7 Å². The van der Waals surface area contributed by atoms with Crippen LogP contribution in [0.4, 0.5) is 0 Å². The third-order valence-corrected chi connectivity index (χ3v) is 3.32. The van der Waals surface area contributed by atoms with E-state index in [0.717, 1.165) is 5.69 Å². The first kappa shape index (κ1) is 14.5. The summed E-state index contributed by atoms with van der Waals surface area (Å²) < 4.78 is 0. The van der Waals surface area contributed by atoms with Crippen molar-refractivity contribution in [3.05, 3.63) is 51.4 Å². The molecule has 0 saturated carbocycles. The predicted molar refractivity (Wildman–Crippen MR) is 77.7 cm³/mol. The molecule has 1 heterocycles. The number of amides is 2. The van der Waals surface area contributed by atoms with Crippen LogP contribution in [-0.2, 0) is 11.3 Å². The van der Waals surface area contributed by atoms with Crippen LogP contribution in [0.2, 0.25) is 5.02 Å². The third kappa shape index (κ3) is 4.32. The molecule has 20 heavy (non-hydrogen) atoms. The lowest BCUT2D eigenvalue weighted by Crippen LogP contribution is -2.36. The van der Waals surface area contributed by atoms with Crippen LogP contribution in [0.1, 0.15) is 16.1 Å². The SMILES string of the molecule is O=C(CNC(=O)c1cccc(Cl)c1)NCc1cscn1. The highest BCUT2D eigenvalue weighted by atomic mass is 35.5. The van der Waals surface area contributed by atoms with E-state index >= 15 is 0 Å². The maximum Gasteiger partial charge on any atom is 0.251 e. The summed E-state index contributed by atoms with van der Waals surface area (Å²) in [5.74, 6) is -0.607. The molecular weight excluding hydrogens is 298 g/mol. The summed E-state index contributed by atoms with van der Waals surface area (Å²) in [5, 5.41) is 7.53. The van der Waals surface area contributed by atoms with Gasteiger partial charge in [0.05, 0.1) is 24.3 Å². The monoisotopic (exact) mass is 309 g/mol. The zero-order valence-corrected chi connectivity index (χ0v) is 12.0. The summed E-state index contributed by atoms with van der Waals surface area (Å²) in [6, 6.07) is 6.54. The molecule has 0 radical (unpaired) electrons. The van der Waals surface area contributed by atoms with Crippen molar-refractivity contribution in [1.29, 1.82) is 0 Å². The minimum atomic E-state index is -0.337. The second-order valence-electron chi connectivity index (χ2n) is 3.95. The van der Waals surface area contributed by atoms with Gasteiger partial charge in [-0.05, 0) is 18.2 Å². The Morgan fingerprint density at radius 3 is 2.85 bits per heavy atom. The van der Waals surface area contributed by atoms with Crippen LogP contribution in [0.15, 0.2) is 35.2 Å². The zero-order valence-electron chi connectivity index (χ0n) is 10.4. The average Bonchev–Trinajstić information content (AvgIpc) is 2.95. The lowest BCUT2D eigenvalue weighted by Gasteiger charge is -2.06. The first-order valence-corrected chi connectivity index (χ1v) is 7.15. The maximum absolute atomic E-state index is 11.8. The largest absolute Gasteiger partial charge is 0.349 e. The van der Waals surface area contributed by atoms with Gasteiger partial charge in [0, 0.05) is 16.0 Å². The van der Waals surface area contributed by atoms with E-state index < -0.39 is 0 Å². The smallest absolute Gasteiger partial charge is 0.251 e. The summed E-state index contributed by atoms with van der Waals surface area (Å²) in [7, 11) is 0. The van der Waals surface area contributed by atoms with Gasteiger partial charge in [0.25, 0.3) is 5.91 Å². The topological polar surface area (TPSA) is 71.1 Å². The Morgan fingerprint density at radius 2 is 2.15 bits per heavy atom. The van der Waals surface area contributed by atoms with Gasteiger partial charge in [-0.15, -0.1) is 11.3 Å². The molecule has 0 spiro atoms. The van der Waals surface area contributed by atoms with Crippen molar-refractivity contribution in [2.75, 3.05) is 6.54 Å². The van der Waals surface area contributed by atoms with Crippen LogP contribution < -0.4 is 10.6 Å². The van der Waals surface area contributed by atoms with Crippen molar-refractivity contribution < 1.29 is 9.59 Å². The predicted octanol–water partition coefficient (Wildman–Crippen LogP) is 1.84. The summed E-state index contributed by atoms with van der Waals surface area (Å²) in [6.07, 6.45) is 0. The molecular formula is C13H12ClN3O2S. The van der Waals surface area contributed by atoms with Gasteiger partial charge in [0.1, 0.15) is 0 Å². The van der Waals surface area contributed by atoms with Gasteiger partial charge < -0.3 is 10.6 Å². The lowest BCUT2D eigenvalue weighted by atomic mass is 10.2. The van der Waals surface area contributed by atoms with E-state index in [9.17, 15) is 9.59 Å². The molecule has 0 aliphatic carbocycles. The number of rotatable bonds is 5. The summed E-state index contributed by atoms with van der Waals surface area (Å²) in [5.41, 5.74) is 2.91. The number of nitrogens with zero attached hydrogens (tertiary/aromatic N) is 1. The van der Waals surface area contributed by atoms with Crippen LogP contribution in [-0.4, -0.2) is 23.3 Å². The third-order valence-electron chi connectivity index (χ3n) is 2.45. The zero-order chi connectivity index (χ0) is 14.4. The number of hydrogen-bond donors (Lipinski definition) is 2. The highest BCUT2D eigenvalue weighted by Crippen LogP contribution is 2.10. The summed E-state index contributed by atoms with van der Waals surface area (Å²) in [4.78, 5) is 27.4. The van der Waals surface area contributed by atoms with Crippen LogP contribution in [0.3, 0.4) is 0 Å². The van der Waals surface area contributed by atoms with Gasteiger partial charge in [-0.2, -0.15) is 0 Å². The fourth-order valence-electron chi connectivity index (χ4n) is 1.47. The number of hydrogen-bond acceptors (Lipinski definition) is 4. The minimum Gasteiger partial charge on any atom is -0.349 e. The number of aromatic nitrogens is 1. The van der Waals surface area contributed by atoms with Crippen LogP contribution >= 0.6 is 22.9 Å². The molecule has 0 saturated heterocycles. The Kier molecular flexibility index (Phi) is 5.09. The number of benzene rings is 1. The highest BCUT2D eigenvalue weighted by molar-refractivity contribution is 7.07. The Labute approximate surface area is 125 Å². The molecule has 0 unspecified atom stereocenters. The van der Waals surface area contributed by atoms with Crippen molar-refractivity contribution in [3.63, 3.8) is 0 Å². The molecule has 0 aliphatic rings. The van der Waals surface area contributed by atoms with Gasteiger partial charge >= 0.3 is 0 Å². The molecule has 2 aromatic rings. The number of thiazole rings is 1. The normalized spacial score (nSPS) is 10.1. The van der Waals surface area contributed by atoms with E-state index in [1.54, 1.807) is 29.8 Å². The van der Waals surface area contributed by atoms with Crippen molar-refractivity contribution >= 4 is 34.8 Å². The summed E-state index contributed by atoms with van der Waals surface area (Å²) in [6.45, 7) is 0.269. The molecule has 7 heteroatoms. The fraction of sp³-hybridized carbons (Fsp3) is 0.154. The molecule has 104 valence electrons. The van der Waals surface area contributed by atoms with Crippen LogP contribution in [0.25, 0.3) is 0 Å². The van der Waals surface area contributed by atoms with E-state index in [4.69, 9.17) is 11.6 Å². The number of carbonyl (C=O) groups is 2. The van der Waals surface area contributed by atoms with Crippen molar-refractivity contribution in [2.45, 2.75) is 6.54 Å². The number of halogens is 1. The molecule has 2 rings (SSSR count). The summed E-state index contributed by atoms with van der Waals surface area (Å²) >= 11 is 7.26. The fourth-order valence-corrected chi connectivity index (χ4v) is 2.22. The van der Waals surface area contributed by atoms with Gasteiger partial charge in [0.2, 0.25) is 5.91 Å². The van der Waals surface area contributed by atoms with E-state index in [2.05, 4.69) is 15.6 Å². The van der Waals surface area contributed by atoms with Gasteiger partial charge in [0.15, 0.2) is 0 Å². The molecule has 0 atom stereocenters. The van der Waals surface area contributed by atoms with Crippen molar-refractivity contribution in [2.24, 2.45) is 0 Å². The second kappa shape index (κ2) is 7.02. The van der Waals surface area contributed by atoms with Crippen molar-refractivity contribution in [1.82, 2.24) is 15.6 Å². The Hall–Kier alpha value is -1.92. The number of carbonyl (C=O) groups excluding carboxylic acids is 2. The second-order valence-corrected chi connectivity index (χ2v) is 5.10. The maximum atomic E-state index is 11.8. The minimum absolute atomic E-state index is 0.0878. The van der Waals surface area contributed by atoms with Crippen LogP contribution in [0, 0.1) is 0 Å². The Balaban J connectivity index is 1.77. The van der Waals surface area contributed by atoms with Gasteiger partial charge in [-0.3, -0.25) is 9.59 Å². The molecule has 2 N–H and O–H groups in total. The van der Waals surface area contributed by atoms with Gasteiger partial charge in [-0.25, -0.2) is 4.98 Å². The Morgan fingerprint density at radius 1 is 1.30 bits per heavy atom. The van der Waals surface area contributed by atoms with Crippen LogP contribution in [0.5, 0.6) is 0 Å². The molecule has 0 fully saturated rings. The molecule has 1 aromatic carbocycles.